The predicted molar refractivity (Wildman–Crippen MR) is 68.4 cm³/mol. The zero-order chi connectivity index (χ0) is 14.4. The lowest BCUT2D eigenvalue weighted by Crippen LogP contribution is -2.38. The van der Waals surface area contributed by atoms with Gasteiger partial charge in [-0.3, -0.25) is 4.79 Å². The highest BCUT2D eigenvalue weighted by Gasteiger charge is 2.11. The molecule has 1 rings (SSSR count). The zero-order valence-electron chi connectivity index (χ0n) is 10.7. The Morgan fingerprint density at radius 1 is 1.47 bits per heavy atom. The molecule has 0 spiro atoms. The minimum Gasteiger partial charge on any atom is -0.383 e. The second kappa shape index (κ2) is 6.69. The number of rotatable bonds is 5. The van der Waals surface area contributed by atoms with Crippen molar-refractivity contribution in [1.29, 1.82) is 0 Å². The van der Waals surface area contributed by atoms with Gasteiger partial charge in [-0.2, -0.15) is 0 Å². The van der Waals surface area contributed by atoms with Crippen LogP contribution in [0.1, 0.15) is 17.3 Å². The fourth-order valence-electron chi connectivity index (χ4n) is 1.47. The fourth-order valence-corrected chi connectivity index (χ4v) is 1.47. The molecule has 104 valence electrons. The lowest BCUT2D eigenvalue weighted by atomic mass is 10.2. The summed E-state index contributed by atoms with van der Waals surface area (Å²) in [5.41, 5.74) is 5.01. The van der Waals surface area contributed by atoms with Crippen molar-refractivity contribution in [3.63, 3.8) is 0 Å². The molecule has 0 aliphatic carbocycles. The van der Waals surface area contributed by atoms with Crippen molar-refractivity contribution in [3.05, 3.63) is 29.6 Å². The molecule has 0 aromatic heterocycles. The predicted octanol–water partition coefficient (Wildman–Crippen LogP) is 1.08. The van der Waals surface area contributed by atoms with Crippen molar-refractivity contribution < 1.29 is 18.7 Å². The molecule has 0 heterocycles. The van der Waals surface area contributed by atoms with E-state index in [0.717, 1.165) is 6.07 Å². The molecule has 4 N–H and O–H groups in total. The first kappa shape index (κ1) is 14.9. The van der Waals surface area contributed by atoms with E-state index in [-0.39, 0.29) is 17.3 Å². The minimum absolute atomic E-state index is 0.180. The van der Waals surface area contributed by atoms with Crippen molar-refractivity contribution in [1.82, 2.24) is 5.32 Å². The highest BCUT2D eigenvalue weighted by atomic mass is 19.1. The largest absolute Gasteiger partial charge is 0.383 e. The van der Waals surface area contributed by atoms with E-state index in [9.17, 15) is 14.0 Å². The van der Waals surface area contributed by atoms with Crippen LogP contribution in [0.4, 0.5) is 14.9 Å². The van der Waals surface area contributed by atoms with Crippen LogP contribution in [-0.2, 0) is 4.74 Å². The van der Waals surface area contributed by atoms with Crippen molar-refractivity contribution >= 4 is 17.6 Å². The van der Waals surface area contributed by atoms with E-state index in [1.165, 1.54) is 19.2 Å². The number of urea groups is 1. The highest BCUT2D eigenvalue weighted by molar-refractivity contribution is 5.96. The number of benzene rings is 1. The third-order valence-corrected chi connectivity index (χ3v) is 2.28. The average Bonchev–Trinajstić information content (AvgIpc) is 2.31. The van der Waals surface area contributed by atoms with Crippen LogP contribution in [0, 0.1) is 5.82 Å². The maximum absolute atomic E-state index is 13.2. The summed E-state index contributed by atoms with van der Waals surface area (Å²) in [4.78, 5) is 22.5. The van der Waals surface area contributed by atoms with Crippen LogP contribution in [-0.4, -0.2) is 31.7 Å². The van der Waals surface area contributed by atoms with Gasteiger partial charge in [-0.05, 0) is 25.1 Å². The summed E-state index contributed by atoms with van der Waals surface area (Å²) in [5, 5.41) is 5.08. The van der Waals surface area contributed by atoms with Crippen LogP contribution in [0.2, 0.25) is 0 Å². The lowest BCUT2D eigenvalue weighted by molar-refractivity contribution is 0.0996. The van der Waals surface area contributed by atoms with Gasteiger partial charge in [0.25, 0.3) is 5.91 Å². The van der Waals surface area contributed by atoms with Crippen molar-refractivity contribution in [2.45, 2.75) is 13.0 Å². The molecule has 1 atom stereocenters. The number of halogens is 1. The molecule has 0 unspecified atom stereocenters. The average molecular weight is 269 g/mol. The molecule has 0 saturated carbocycles. The summed E-state index contributed by atoms with van der Waals surface area (Å²) in [6.07, 6.45) is 0. The Morgan fingerprint density at radius 3 is 2.74 bits per heavy atom. The van der Waals surface area contributed by atoms with E-state index in [1.54, 1.807) is 6.92 Å². The SMILES string of the molecule is COC[C@@H](C)NC(=O)Nc1ccc(F)c(C(N)=O)c1. The lowest BCUT2D eigenvalue weighted by Gasteiger charge is -2.14. The number of carbonyl (C=O) groups is 2. The van der Waals surface area contributed by atoms with Gasteiger partial charge in [-0.1, -0.05) is 0 Å². The number of anilines is 1. The first-order chi connectivity index (χ1) is 8.93. The van der Waals surface area contributed by atoms with E-state index in [0.29, 0.717) is 6.61 Å². The Balaban J connectivity index is 2.69. The van der Waals surface area contributed by atoms with E-state index in [4.69, 9.17) is 10.5 Å². The van der Waals surface area contributed by atoms with Gasteiger partial charge in [0.15, 0.2) is 0 Å². The number of carbonyl (C=O) groups excluding carboxylic acids is 2. The summed E-state index contributed by atoms with van der Waals surface area (Å²) < 4.78 is 18.1. The summed E-state index contributed by atoms with van der Waals surface area (Å²) in [6, 6.07) is 2.92. The Bertz CT molecular complexity index is 479. The molecular weight excluding hydrogens is 253 g/mol. The number of primary amides is 1. The smallest absolute Gasteiger partial charge is 0.319 e. The van der Waals surface area contributed by atoms with Crippen molar-refractivity contribution in [3.8, 4) is 0 Å². The van der Waals surface area contributed by atoms with Crippen LogP contribution >= 0.6 is 0 Å². The normalized spacial score (nSPS) is 11.7. The van der Waals surface area contributed by atoms with Gasteiger partial charge in [0, 0.05) is 12.8 Å². The Morgan fingerprint density at radius 2 is 2.16 bits per heavy atom. The Kier molecular flexibility index (Phi) is 5.25. The van der Waals surface area contributed by atoms with E-state index in [1.807, 2.05) is 0 Å². The van der Waals surface area contributed by atoms with Crippen LogP contribution < -0.4 is 16.4 Å². The number of methoxy groups -OCH3 is 1. The van der Waals surface area contributed by atoms with Crippen LogP contribution in [0.25, 0.3) is 0 Å². The number of ether oxygens (including phenoxy) is 1. The number of nitrogens with one attached hydrogen (secondary N) is 2. The minimum atomic E-state index is -0.894. The molecule has 0 saturated heterocycles. The molecule has 1 aromatic rings. The molecule has 0 bridgehead atoms. The van der Waals surface area contributed by atoms with Gasteiger partial charge < -0.3 is 21.1 Å². The third kappa shape index (κ3) is 4.55. The van der Waals surface area contributed by atoms with Gasteiger partial charge in [-0.25, -0.2) is 9.18 Å². The molecule has 0 radical (unpaired) electrons. The standard InChI is InChI=1S/C12H16FN3O3/c1-7(6-19-2)15-12(18)16-8-3-4-10(13)9(5-8)11(14)17/h3-5,7H,6H2,1-2H3,(H2,14,17)(H2,15,16,18)/t7-/m1/s1. The van der Waals surface area contributed by atoms with E-state index < -0.39 is 17.8 Å². The van der Waals surface area contributed by atoms with E-state index in [2.05, 4.69) is 10.6 Å². The number of amides is 3. The maximum atomic E-state index is 13.2. The van der Waals surface area contributed by atoms with Crippen molar-refractivity contribution in [2.24, 2.45) is 5.73 Å². The molecule has 0 aliphatic heterocycles. The second-order valence-electron chi connectivity index (χ2n) is 4.01. The van der Waals surface area contributed by atoms with Gasteiger partial charge in [0.05, 0.1) is 18.2 Å². The Hall–Kier alpha value is -2.15. The zero-order valence-corrected chi connectivity index (χ0v) is 10.7. The quantitative estimate of drug-likeness (QED) is 0.746. The molecule has 6 nitrogen and oxygen atoms in total. The summed E-state index contributed by atoms with van der Waals surface area (Å²) >= 11 is 0. The molecular formula is C12H16FN3O3. The maximum Gasteiger partial charge on any atom is 0.319 e. The van der Waals surface area contributed by atoms with Gasteiger partial charge in [-0.15, -0.1) is 0 Å². The molecule has 7 heteroatoms. The number of hydrogen-bond acceptors (Lipinski definition) is 3. The van der Waals surface area contributed by atoms with Gasteiger partial charge >= 0.3 is 6.03 Å². The van der Waals surface area contributed by atoms with Gasteiger partial charge in [0.1, 0.15) is 5.82 Å². The van der Waals surface area contributed by atoms with E-state index >= 15 is 0 Å². The monoisotopic (exact) mass is 269 g/mol. The molecule has 0 aliphatic rings. The van der Waals surface area contributed by atoms with Crippen LogP contribution in [0.5, 0.6) is 0 Å². The fraction of sp³-hybridized carbons (Fsp3) is 0.333. The summed E-state index contributed by atoms with van der Waals surface area (Å²) in [6.45, 7) is 2.13. The third-order valence-electron chi connectivity index (χ3n) is 2.28. The first-order valence-electron chi connectivity index (χ1n) is 5.60. The second-order valence-corrected chi connectivity index (χ2v) is 4.01. The topological polar surface area (TPSA) is 93.4 Å². The summed E-state index contributed by atoms with van der Waals surface area (Å²) in [7, 11) is 1.52. The molecule has 0 fully saturated rings. The molecule has 1 aromatic carbocycles. The number of hydrogen-bond donors (Lipinski definition) is 3. The highest BCUT2D eigenvalue weighted by Crippen LogP contribution is 2.14. The van der Waals surface area contributed by atoms with Crippen molar-refractivity contribution in [2.75, 3.05) is 19.0 Å². The number of nitrogens with two attached hydrogens (primary N) is 1. The Labute approximate surface area is 110 Å². The molecule has 3 amide bonds. The van der Waals surface area contributed by atoms with Gasteiger partial charge in [0.2, 0.25) is 0 Å². The van der Waals surface area contributed by atoms with Crippen LogP contribution in [0.15, 0.2) is 18.2 Å². The first-order valence-corrected chi connectivity index (χ1v) is 5.60. The van der Waals surface area contributed by atoms with Crippen LogP contribution in [0.3, 0.4) is 0 Å². The summed E-state index contributed by atoms with van der Waals surface area (Å²) in [5.74, 6) is -1.62. The molecule has 19 heavy (non-hydrogen) atoms.